The predicted molar refractivity (Wildman–Crippen MR) is 104 cm³/mol. The Labute approximate surface area is 160 Å². The summed E-state index contributed by atoms with van der Waals surface area (Å²) in [5, 5.41) is 11.8. The molecule has 3 rings (SSSR count). The third-order valence-corrected chi connectivity index (χ3v) is 5.18. The Bertz CT molecular complexity index is 730. The van der Waals surface area contributed by atoms with Crippen LogP contribution in [0.5, 0.6) is 5.75 Å². The summed E-state index contributed by atoms with van der Waals surface area (Å²) in [5.41, 5.74) is 2.32. The average molecular weight is 369 g/mol. The van der Waals surface area contributed by atoms with Crippen molar-refractivity contribution in [3.8, 4) is 5.75 Å². The molecule has 0 bridgehead atoms. The number of nitrogens with zero attached hydrogens (tertiary/aromatic N) is 2. The number of benzene rings is 1. The van der Waals surface area contributed by atoms with Crippen molar-refractivity contribution in [2.24, 2.45) is 0 Å². The van der Waals surface area contributed by atoms with Crippen LogP contribution in [0.15, 0.2) is 48.8 Å². The summed E-state index contributed by atoms with van der Waals surface area (Å²) in [5.74, 6) is 1.44. The van der Waals surface area contributed by atoms with Gasteiger partial charge >= 0.3 is 6.09 Å². The van der Waals surface area contributed by atoms with Gasteiger partial charge in [-0.15, -0.1) is 0 Å². The highest BCUT2D eigenvalue weighted by Gasteiger charge is 2.25. The molecule has 0 spiro atoms. The largest absolute Gasteiger partial charge is 0.496 e. The molecule has 2 aromatic rings. The summed E-state index contributed by atoms with van der Waals surface area (Å²) in [6.45, 7) is 2.61. The Balaban J connectivity index is 1.58. The van der Waals surface area contributed by atoms with Crippen LogP contribution in [0.25, 0.3) is 0 Å². The standard InChI is InChI=1S/C21H27N3O3/c1-27-20-7-3-2-6-19(20)17-8-11-24(12-9-17)15-18(23-21(25)26)13-16-5-4-10-22-14-16/h2-7,10,14,17-18,23H,8-9,11-13,15H2,1H3,(H,25,26)/t18-/m1/s1. The highest BCUT2D eigenvalue weighted by molar-refractivity contribution is 5.64. The molecule has 0 radical (unpaired) electrons. The Hall–Kier alpha value is -2.60. The number of amides is 1. The van der Waals surface area contributed by atoms with Crippen LogP contribution in [-0.4, -0.2) is 53.9 Å². The first kappa shape index (κ1) is 19.2. The van der Waals surface area contributed by atoms with Crippen LogP contribution < -0.4 is 10.1 Å². The summed E-state index contributed by atoms with van der Waals surface area (Å²) in [6, 6.07) is 11.9. The molecule has 2 N–H and O–H groups in total. The number of ether oxygens (including phenoxy) is 1. The molecule has 144 valence electrons. The van der Waals surface area contributed by atoms with E-state index in [2.05, 4.69) is 27.3 Å². The summed E-state index contributed by atoms with van der Waals surface area (Å²) in [4.78, 5) is 17.7. The fourth-order valence-electron chi connectivity index (χ4n) is 3.88. The molecule has 1 aliphatic rings. The maximum absolute atomic E-state index is 11.2. The lowest BCUT2D eigenvalue weighted by molar-refractivity contribution is 0.168. The van der Waals surface area contributed by atoms with Gasteiger partial charge in [-0.25, -0.2) is 4.79 Å². The van der Waals surface area contributed by atoms with Crippen molar-refractivity contribution in [3.05, 3.63) is 59.9 Å². The molecule has 1 aliphatic heterocycles. The molecule has 0 saturated carbocycles. The maximum Gasteiger partial charge on any atom is 0.404 e. The van der Waals surface area contributed by atoms with Crippen LogP contribution in [0.1, 0.15) is 29.9 Å². The first-order valence-electron chi connectivity index (χ1n) is 9.39. The van der Waals surface area contributed by atoms with Gasteiger partial charge in [-0.1, -0.05) is 24.3 Å². The second kappa shape index (κ2) is 9.37. The number of carboxylic acid groups (broad SMARTS) is 1. The van der Waals surface area contributed by atoms with Gasteiger partial charge in [0.1, 0.15) is 5.75 Å². The monoisotopic (exact) mass is 369 g/mol. The molecule has 2 heterocycles. The average Bonchev–Trinajstić information content (AvgIpc) is 2.69. The van der Waals surface area contributed by atoms with Crippen molar-refractivity contribution in [2.45, 2.75) is 31.2 Å². The normalized spacial score (nSPS) is 16.6. The van der Waals surface area contributed by atoms with E-state index in [-0.39, 0.29) is 6.04 Å². The zero-order chi connectivity index (χ0) is 19.1. The first-order chi connectivity index (χ1) is 13.2. The molecule has 1 saturated heterocycles. The number of hydrogen-bond donors (Lipinski definition) is 2. The molecule has 1 amide bonds. The molecule has 27 heavy (non-hydrogen) atoms. The molecule has 1 fully saturated rings. The Morgan fingerprint density at radius 3 is 2.74 bits per heavy atom. The summed E-state index contributed by atoms with van der Waals surface area (Å²) in [7, 11) is 1.72. The first-order valence-corrected chi connectivity index (χ1v) is 9.39. The Morgan fingerprint density at radius 1 is 1.30 bits per heavy atom. The molecular formula is C21H27N3O3. The lowest BCUT2D eigenvalue weighted by atomic mass is 9.88. The number of hydrogen-bond acceptors (Lipinski definition) is 4. The third kappa shape index (κ3) is 5.44. The fraction of sp³-hybridized carbons (Fsp3) is 0.429. The van der Waals surface area contributed by atoms with Crippen LogP contribution in [0.3, 0.4) is 0 Å². The maximum atomic E-state index is 11.2. The predicted octanol–water partition coefficient (Wildman–Crippen LogP) is 3.15. The number of aromatic nitrogens is 1. The van der Waals surface area contributed by atoms with Crippen LogP contribution >= 0.6 is 0 Å². The van der Waals surface area contributed by atoms with E-state index in [1.165, 1.54) is 5.56 Å². The number of para-hydroxylation sites is 1. The fourth-order valence-corrected chi connectivity index (χ4v) is 3.88. The van der Waals surface area contributed by atoms with Crippen molar-refractivity contribution in [3.63, 3.8) is 0 Å². The Morgan fingerprint density at radius 2 is 2.07 bits per heavy atom. The quantitative estimate of drug-likeness (QED) is 0.784. The highest BCUT2D eigenvalue weighted by atomic mass is 16.5. The van der Waals surface area contributed by atoms with E-state index >= 15 is 0 Å². The van der Waals surface area contributed by atoms with E-state index in [0.29, 0.717) is 18.9 Å². The van der Waals surface area contributed by atoms with Gasteiger partial charge in [0.25, 0.3) is 0 Å². The van der Waals surface area contributed by atoms with Gasteiger partial charge in [0.15, 0.2) is 0 Å². The van der Waals surface area contributed by atoms with E-state index in [0.717, 1.165) is 37.2 Å². The minimum absolute atomic E-state index is 0.144. The second-order valence-corrected chi connectivity index (χ2v) is 7.03. The summed E-state index contributed by atoms with van der Waals surface area (Å²) < 4.78 is 5.51. The number of piperidine rings is 1. The van der Waals surface area contributed by atoms with Crippen LogP contribution in [0.2, 0.25) is 0 Å². The number of carbonyl (C=O) groups is 1. The smallest absolute Gasteiger partial charge is 0.404 e. The van der Waals surface area contributed by atoms with E-state index in [9.17, 15) is 9.90 Å². The van der Waals surface area contributed by atoms with E-state index in [1.807, 2.05) is 24.3 Å². The molecule has 1 aromatic heterocycles. The third-order valence-electron chi connectivity index (χ3n) is 5.18. The molecule has 6 nitrogen and oxygen atoms in total. The molecule has 0 aliphatic carbocycles. The topological polar surface area (TPSA) is 74.7 Å². The van der Waals surface area contributed by atoms with Crippen LogP contribution in [0.4, 0.5) is 4.79 Å². The van der Waals surface area contributed by atoms with Crippen molar-refractivity contribution >= 4 is 6.09 Å². The van der Waals surface area contributed by atoms with E-state index < -0.39 is 6.09 Å². The van der Waals surface area contributed by atoms with Crippen molar-refractivity contribution < 1.29 is 14.6 Å². The SMILES string of the molecule is COc1ccccc1C1CCN(C[C@@H](Cc2cccnc2)NC(=O)O)CC1. The van der Waals surface area contributed by atoms with E-state index in [4.69, 9.17) is 4.74 Å². The van der Waals surface area contributed by atoms with Crippen molar-refractivity contribution in [1.29, 1.82) is 0 Å². The minimum Gasteiger partial charge on any atom is -0.496 e. The Kier molecular flexibility index (Phi) is 6.65. The van der Waals surface area contributed by atoms with Gasteiger partial charge in [-0.05, 0) is 61.5 Å². The van der Waals surface area contributed by atoms with Gasteiger partial charge in [-0.3, -0.25) is 4.98 Å². The number of nitrogens with one attached hydrogen (secondary N) is 1. The van der Waals surface area contributed by atoms with Crippen LogP contribution in [-0.2, 0) is 6.42 Å². The minimum atomic E-state index is -0.979. The molecule has 1 atom stereocenters. The van der Waals surface area contributed by atoms with Gasteiger partial charge in [0.05, 0.1) is 7.11 Å². The summed E-state index contributed by atoms with van der Waals surface area (Å²) in [6.07, 6.45) is 5.29. The zero-order valence-corrected chi connectivity index (χ0v) is 15.7. The molecule has 6 heteroatoms. The van der Waals surface area contributed by atoms with Gasteiger partial charge in [0.2, 0.25) is 0 Å². The van der Waals surface area contributed by atoms with Crippen molar-refractivity contribution in [1.82, 2.24) is 15.2 Å². The van der Waals surface area contributed by atoms with Gasteiger partial charge < -0.3 is 20.1 Å². The number of methoxy groups -OCH3 is 1. The van der Waals surface area contributed by atoms with Crippen molar-refractivity contribution in [2.75, 3.05) is 26.7 Å². The van der Waals surface area contributed by atoms with Crippen LogP contribution in [0, 0.1) is 0 Å². The van der Waals surface area contributed by atoms with Gasteiger partial charge in [0, 0.05) is 25.0 Å². The lowest BCUT2D eigenvalue weighted by Crippen LogP contribution is -2.46. The lowest BCUT2D eigenvalue weighted by Gasteiger charge is -2.34. The second-order valence-electron chi connectivity index (χ2n) is 7.03. The molecule has 1 aromatic carbocycles. The van der Waals surface area contributed by atoms with Gasteiger partial charge in [-0.2, -0.15) is 0 Å². The number of likely N-dealkylation sites (tertiary alicyclic amines) is 1. The number of pyridine rings is 1. The highest BCUT2D eigenvalue weighted by Crippen LogP contribution is 2.34. The number of rotatable bonds is 7. The zero-order valence-electron chi connectivity index (χ0n) is 15.7. The van der Waals surface area contributed by atoms with E-state index in [1.54, 1.807) is 19.5 Å². The molecular weight excluding hydrogens is 342 g/mol. The molecule has 0 unspecified atom stereocenters. The summed E-state index contributed by atoms with van der Waals surface area (Å²) >= 11 is 0.